The van der Waals surface area contributed by atoms with Crippen LogP contribution in [0.3, 0.4) is 0 Å². The van der Waals surface area contributed by atoms with Crippen LogP contribution >= 0.6 is 0 Å². The Balaban J connectivity index is 1.52. The normalized spacial score (nSPS) is 11.6. The molecule has 8 aromatic rings. The fourth-order valence-electron chi connectivity index (χ4n) is 6.72. The molecule has 0 amide bonds. The summed E-state index contributed by atoms with van der Waals surface area (Å²) in [5.74, 6) is 0. The van der Waals surface area contributed by atoms with Crippen molar-refractivity contribution in [2.24, 2.45) is 0 Å². The van der Waals surface area contributed by atoms with Crippen LogP contribution in [0.5, 0.6) is 0 Å². The predicted octanol–water partition coefficient (Wildman–Crippen LogP) is 11.9. The first-order chi connectivity index (χ1) is 20.6. The van der Waals surface area contributed by atoms with Gasteiger partial charge in [0.1, 0.15) is 0 Å². The largest absolute Gasteiger partial charge is 0.0622 e. The molecule has 0 atom stereocenters. The molecule has 0 nitrogen and oxygen atoms in total. The zero-order chi connectivity index (χ0) is 28.2. The lowest BCUT2D eigenvalue weighted by atomic mass is 9.83. The van der Waals surface area contributed by atoms with Crippen LogP contribution in [-0.4, -0.2) is 0 Å². The lowest BCUT2D eigenvalue weighted by Gasteiger charge is -2.20. The van der Waals surface area contributed by atoms with Crippen LogP contribution in [0.15, 0.2) is 146 Å². The fourth-order valence-corrected chi connectivity index (χ4v) is 6.72. The molecule has 0 saturated carbocycles. The fraction of sp³-hybridized carbons (Fsp3) is 0.0476. The molecule has 0 radical (unpaired) electrons. The first-order valence-electron chi connectivity index (χ1n) is 14.7. The quantitative estimate of drug-likeness (QED) is 0.198. The lowest BCUT2D eigenvalue weighted by molar-refractivity contribution is 1.49. The van der Waals surface area contributed by atoms with E-state index in [2.05, 4.69) is 159 Å². The molecule has 0 fully saturated rings. The van der Waals surface area contributed by atoms with Gasteiger partial charge in [0, 0.05) is 0 Å². The summed E-state index contributed by atoms with van der Waals surface area (Å²) in [5.41, 5.74) is 10.2. The summed E-state index contributed by atoms with van der Waals surface area (Å²) in [5, 5.41) is 10.2. The van der Waals surface area contributed by atoms with E-state index in [1.807, 2.05) is 0 Å². The van der Waals surface area contributed by atoms with Gasteiger partial charge >= 0.3 is 0 Å². The Morgan fingerprint density at radius 1 is 0.310 bits per heavy atom. The molecule has 0 aromatic heterocycles. The van der Waals surface area contributed by atoms with E-state index in [1.54, 1.807) is 0 Å². The number of fused-ring (bicyclic) bond motifs is 4. The van der Waals surface area contributed by atoms with Gasteiger partial charge in [0.15, 0.2) is 0 Å². The molecule has 8 aromatic carbocycles. The first kappa shape index (κ1) is 24.6. The van der Waals surface area contributed by atoms with Gasteiger partial charge in [0.25, 0.3) is 0 Å². The van der Waals surface area contributed by atoms with Gasteiger partial charge in [0.05, 0.1) is 0 Å². The maximum Gasteiger partial charge on any atom is -0.00199 e. The van der Waals surface area contributed by atoms with Gasteiger partial charge in [0.2, 0.25) is 0 Å². The highest BCUT2D eigenvalue weighted by atomic mass is 14.2. The predicted molar refractivity (Wildman–Crippen MR) is 182 cm³/mol. The summed E-state index contributed by atoms with van der Waals surface area (Å²) in [7, 11) is 0. The Kier molecular flexibility index (Phi) is 5.69. The zero-order valence-electron chi connectivity index (χ0n) is 23.9. The Labute approximate surface area is 246 Å². The highest BCUT2D eigenvalue weighted by Crippen LogP contribution is 2.46. The van der Waals surface area contributed by atoms with Crippen molar-refractivity contribution in [3.8, 4) is 33.4 Å². The number of rotatable bonds is 3. The minimum Gasteiger partial charge on any atom is -0.0622 e. The van der Waals surface area contributed by atoms with E-state index in [4.69, 9.17) is 0 Å². The van der Waals surface area contributed by atoms with Gasteiger partial charge in [-0.05, 0) is 109 Å². The third-order valence-corrected chi connectivity index (χ3v) is 8.70. The first-order valence-corrected chi connectivity index (χ1v) is 14.7. The summed E-state index contributed by atoms with van der Waals surface area (Å²) in [6, 6.07) is 53.9. The average Bonchev–Trinajstić information content (AvgIpc) is 3.03. The topological polar surface area (TPSA) is 0 Å². The Morgan fingerprint density at radius 3 is 1.62 bits per heavy atom. The maximum atomic E-state index is 2.42. The molecular formula is C42H30. The van der Waals surface area contributed by atoms with Crippen LogP contribution in [0.1, 0.15) is 11.1 Å². The van der Waals surface area contributed by atoms with Crippen molar-refractivity contribution in [1.82, 2.24) is 0 Å². The highest BCUT2D eigenvalue weighted by Gasteiger charge is 2.19. The second-order valence-corrected chi connectivity index (χ2v) is 11.5. The number of aryl methyl sites for hydroxylation is 2. The average molecular weight is 535 g/mol. The van der Waals surface area contributed by atoms with Crippen molar-refractivity contribution in [1.29, 1.82) is 0 Å². The van der Waals surface area contributed by atoms with Crippen LogP contribution in [0.25, 0.3) is 76.5 Å². The molecule has 0 N–H and O–H groups in total. The van der Waals surface area contributed by atoms with Gasteiger partial charge in [-0.25, -0.2) is 0 Å². The molecule has 0 aliphatic rings. The smallest absolute Gasteiger partial charge is 0.00199 e. The van der Waals surface area contributed by atoms with E-state index in [0.717, 1.165) is 0 Å². The van der Waals surface area contributed by atoms with Crippen LogP contribution in [0.4, 0.5) is 0 Å². The second-order valence-electron chi connectivity index (χ2n) is 11.5. The second kappa shape index (κ2) is 9.72. The van der Waals surface area contributed by atoms with Gasteiger partial charge in [-0.3, -0.25) is 0 Å². The molecule has 0 spiro atoms. The highest BCUT2D eigenvalue weighted by molar-refractivity contribution is 6.24. The van der Waals surface area contributed by atoms with Crippen molar-refractivity contribution < 1.29 is 0 Å². The number of hydrogen-bond acceptors (Lipinski definition) is 0. The summed E-state index contributed by atoms with van der Waals surface area (Å²) in [6.07, 6.45) is 0. The molecule has 0 bridgehead atoms. The van der Waals surface area contributed by atoms with Crippen molar-refractivity contribution in [3.63, 3.8) is 0 Å². The summed E-state index contributed by atoms with van der Waals surface area (Å²) < 4.78 is 0. The van der Waals surface area contributed by atoms with Gasteiger partial charge < -0.3 is 0 Å². The number of hydrogen-bond donors (Lipinski definition) is 0. The molecule has 42 heavy (non-hydrogen) atoms. The van der Waals surface area contributed by atoms with E-state index >= 15 is 0 Å². The Hall–Kier alpha value is -5.20. The zero-order valence-corrected chi connectivity index (χ0v) is 23.9. The minimum absolute atomic E-state index is 1.24. The Bertz CT molecular complexity index is 2240. The molecule has 0 aliphatic carbocycles. The number of benzene rings is 8. The van der Waals surface area contributed by atoms with Crippen LogP contribution in [0, 0.1) is 13.8 Å². The molecule has 0 unspecified atom stereocenters. The monoisotopic (exact) mass is 534 g/mol. The van der Waals surface area contributed by atoms with Gasteiger partial charge in [-0.1, -0.05) is 139 Å². The van der Waals surface area contributed by atoms with Crippen molar-refractivity contribution in [2.45, 2.75) is 13.8 Å². The SMILES string of the molecule is Cc1ccc2c(-c3cc(-c4ccc5ccccc5c4)cc4ccccc34)c3ccc(C)cc3c(-c3ccccc3)c2c1. The molecule has 0 heterocycles. The lowest BCUT2D eigenvalue weighted by Crippen LogP contribution is -1.93. The van der Waals surface area contributed by atoms with E-state index in [-0.39, 0.29) is 0 Å². The standard InChI is InChI=1S/C42H30/c1-27-16-20-36-38(22-27)41(30-11-4-3-5-12-30)39-23-28(2)17-21-37(39)42(36)40-26-34(25-33-14-8-9-15-35(33)40)32-19-18-29-10-6-7-13-31(29)24-32/h3-26H,1-2H3. The van der Waals surface area contributed by atoms with Crippen molar-refractivity contribution >= 4 is 43.1 Å². The third-order valence-electron chi connectivity index (χ3n) is 8.70. The molecular weight excluding hydrogens is 504 g/mol. The molecule has 0 saturated heterocycles. The van der Waals surface area contributed by atoms with Crippen LogP contribution < -0.4 is 0 Å². The molecule has 8 rings (SSSR count). The van der Waals surface area contributed by atoms with Gasteiger partial charge in [-0.15, -0.1) is 0 Å². The van der Waals surface area contributed by atoms with E-state index in [9.17, 15) is 0 Å². The summed E-state index contributed by atoms with van der Waals surface area (Å²) in [6.45, 7) is 4.40. The van der Waals surface area contributed by atoms with Crippen molar-refractivity contribution in [3.05, 3.63) is 157 Å². The molecule has 0 heteroatoms. The van der Waals surface area contributed by atoms with E-state index in [0.29, 0.717) is 0 Å². The van der Waals surface area contributed by atoms with Crippen LogP contribution in [-0.2, 0) is 0 Å². The molecule has 198 valence electrons. The van der Waals surface area contributed by atoms with E-state index in [1.165, 1.54) is 87.6 Å². The Morgan fingerprint density at radius 2 is 0.905 bits per heavy atom. The van der Waals surface area contributed by atoms with Gasteiger partial charge in [-0.2, -0.15) is 0 Å². The summed E-state index contributed by atoms with van der Waals surface area (Å²) >= 11 is 0. The van der Waals surface area contributed by atoms with Crippen molar-refractivity contribution in [2.75, 3.05) is 0 Å². The van der Waals surface area contributed by atoms with E-state index < -0.39 is 0 Å². The third kappa shape index (κ3) is 3.99. The molecule has 0 aliphatic heterocycles. The minimum atomic E-state index is 1.24. The van der Waals surface area contributed by atoms with Crippen LogP contribution in [0.2, 0.25) is 0 Å². The summed E-state index contributed by atoms with van der Waals surface area (Å²) in [4.78, 5) is 0. The maximum absolute atomic E-state index is 2.42.